The highest BCUT2D eigenvalue weighted by molar-refractivity contribution is 5.25. The number of rotatable bonds is 2. The molecule has 1 saturated heterocycles. The Morgan fingerprint density at radius 3 is 2.35 bits per heavy atom. The molecule has 4 atom stereocenters. The Bertz CT molecular complexity index is 358. The molecule has 0 amide bonds. The van der Waals surface area contributed by atoms with Crippen LogP contribution in [0.25, 0.3) is 0 Å². The first kappa shape index (κ1) is 11.2. The number of hydrogen-bond acceptors (Lipinski definition) is 2. The van der Waals surface area contributed by atoms with Crippen molar-refractivity contribution in [2.45, 2.75) is 44.8 Å². The summed E-state index contributed by atoms with van der Waals surface area (Å²) in [5.41, 5.74) is 2.66. The predicted octanol–water partition coefficient (Wildman–Crippen LogP) is 3.56. The van der Waals surface area contributed by atoms with E-state index in [2.05, 4.69) is 31.7 Å². The van der Waals surface area contributed by atoms with Gasteiger partial charge in [0.15, 0.2) is 0 Å². The fourth-order valence-corrected chi connectivity index (χ4v) is 3.04. The van der Waals surface area contributed by atoms with Gasteiger partial charge in [-0.15, -0.1) is 0 Å². The quantitative estimate of drug-likeness (QED) is 0.535. The Morgan fingerprint density at radius 1 is 1.18 bits per heavy atom. The van der Waals surface area contributed by atoms with Crippen molar-refractivity contribution in [1.29, 1.82) is 0 Å². The van der Waals surface area contributed by atoms with Gasteiger partial charge in [-0.3, -0.25) is 0 Å². The molecule has 17 heavy (non-hydrogen) atoms. The van der Waals surface area contributed by atoms with Gasteiger partial charge in [0.25, 0.3) is 0 Å². The second-order valence-electron chi connectivity index (χ2n) is 5.49. The molecular formula is C15H20O2. The molecule has 3 rings (SSSR count). The lowest BCUT2D eigenvalue weighted by Gasteiger charge is -2.21. The summed E-state index contributed by atoms with van der Waals surface area (Å²) in [6.07, 6.45) is 12.2. The van der Waals surface area contributed by atoms with Crippen LogP contribution < -0.4 is 0 Å². The van der Waals surface area contributed by atoms with E-state index in [0.717, 1.165) is 12.8 Å². The highest BCUT2D eigenvalue weighted by Crippen LogP contribution is 2.39. The van der Waals surface area contributed by atoms with Crippen LogP contribution in [0, 0.1) is 11.8 Å². The molecule has 2 fully saturated rings. The van der Waals surface area contributed by atoms with Crippen LogP contribution in [0.2, 0.25) is 0 Å². The maximum absolute atomic E-state index is 5.26. The maximum Gasteiger partial charge on any atom is 0.117 e. The normalized spacial score (nSPS) is 42.3. The van der Waals surface area contributed by atoms with Gasteiger partial charge in [-0.25, -0.2) is 9.78 Å². The van der Waals surface area contributed by atoms with Crippen LogP contribution in [-0.4, -0.2) is 12.2 Å². The lowest BCUT2D eigenvalue weighted by atomic mass is 9.84. The first-order valence-corrected chi connectivity index (χ1v) is 6.61. The molecule has 1 saturated carbocycles. The molecule has 2 aliphatic carbocycles. The summed E-state index contributed by atoms with van der Waals surface area (Å²) < 4.78 is 0. The van der Waals surface area contributed by atoms with Crippen molar-refractivity contribution in [3.8, 4) is 0 Å². The molecule has 2 bridgehead atoms. The first-order valence-electron chi connectivity index (χ1n) is 6.61. The van der Waals surface area contributed by atoms with Crippen molar-refractivity contribution in [1.82, 2.24) is 0 Å². The summed E-state index contributed by atoms with van der Waals surface area (Å²) in [4.78, 5) is 10.5. The van der Waals surface area contributed by atoms with Crippen molar-refractivity contribution in [2.24, 2.45) is 11.8 Å². The van der Waals surface area contributed by atoms with E-state index >= 15 is 0 Å². The van der Waals surface area contributed by atoms with Gasteiger partial charge in [-0.1, -0.05) is 30.4 Å². The van der Waals surface area contributed by atoms with Gasteiger partial charge >= 0.3 is 0 Å². The zero-order chi connectivity index (χ0) is 11.8. The maximum atomic E-state index is 5.26. The zero-order valence-corrected chi connectivity index (χ0v) is 10.4. The van der Waals surface area contributed by atoms with Crippen LogP contribution in [0.15, 0.2) is 36.0 Å². The molecule has 0 aromatic carbocycles. The van der Waals surface area contributed by atoms with Gasteiger partial charge in [0, 0.05) is 0 Å². The van der Waals surface area contributed by atoms with Crippen molar-refractivity contribution in [2.75, 3.05) is 0 Å². The van der Waals surface area contributed by atoms with Crippen LogP contribution in [0.1, 0.15) is 32.6 Å². The third-order valence-corrected chi connectivity index (χ3v) is 4.16. The van der Waals surface area contributed by atoms with Crippen molar-refractivity contribution in [3.63, 3.8) is 0 Å². The monoisotopic (exact) mass is 232 g/mol. The highest BCUT2D eigenvalue weighted by Gasteiger charge is 2.40. The van der Waals surface area contributed by atoms with E-state index < -0.39 is 0 Å². The van der Waals surface area contributed by atoms with Gasteiger partial charge in [0.05, 0.1) is 0 Å². The summed E-state index contributed by atoms with van der Waals surface area (Å²) in [7, 11) is 0. The summed E-state index contributed by atoms with van der Waals surface area (Å²) in [6, 6.07) is 0. The van der Waals surface area contributed by atoms with Crippen LogP contribution in [0.3, 0.4) is 0 Å². The molecule has 2 nitrogen and oxygen atoms in total. The fraction of sp³-hybridized carbons (Fsp3) is 0.600. The van der Waals surface area contributed by atoms with Crippen LogP contribution >= 0.6 is 0 Å². The average molecular weight is 232 g/mol. The zero-order valence-electron chi connectivity index (χ0n) is 10.4. The smallest absolute Gasteiger partial charge is 0.117 e. The molecule has 92 valence electrons. The van der Waals surface area contributed by atoms with Gasteiger partial charge < -0.3 is 0 Å². The molecule has 2 unspecified atom stereocenters. The average Bonchev–Trinajstić information content (AvgIpc) is 2.90. The van der Waals surface area contributed by atoms with E-state index in [1.165, 1.54) is 24.0 Å². The van der Waals surface area contributed by atoms with Gasteiger partial charge in [0.2, 0.25) is 0 Å². The predicted molar refractivity (Wildman–Crippen MR) is 67.2 cm³/mol. The Labute approximate surface area is 103 Å². The molecule has 0 N–H and O–H groups in total. The molecule has 2 heteroatoms. The van der Waals surface area contributed by atoms with Crippen LogP contribution in [-0.2, 0) is 9.78 Å². The lowest BCUT2D eigenvalue weighted by molar-refractivity contribution is -0.315. The SMILES string of the molecule is C=C(C)C1C=CC(C=C2[C@@H]3CC[C@H]2OO3)CC1. The van der Waals surface area contributed by atoms with E-state index in [1.54, 1.807) is 0 Å². The number of hydrogen-bond donors (Lipinski definition) is 0. The number of allylic oxidation sites excluding steroid dienone is 4. The second-order valence-corrected chi connectivity index (χ2v) is 5.49. The molecule has 0 spiro atoms. The van der Waals surface area contributed by atoms with E-state index in [0.29, 0.717) is 11.8 Å². The van der Waals surface area contributed by atoms with E-state index in [-0.39, 0.29) is 12.2 Å². The summed E-state index contributed by atoms with van der Waals surface area (Å²) in [6.45, 7) is 6.15. The largest absolute Gasteiger partial charge is 0.228 e. The Hall–Kier alpha value is -0.860. The standard InChI is InChI=1S/C15H20O2/c1-10(2)12-5-3-11(4-6-12)9-13-14-7-8-15(13)17-16-14/h3,5,9,11-12,14-15H,1,4,6-8H2,2H3/t11?,12?,14-,15+. The van der Waals surface area contributed by atoms with E-state index in [4.69, 9.17) is 9.78 Å². The summed E-state index contributed by atoms with van der Waals surface area (Å²) >= 11 is 0. The molecule has 3 aliphatic rings. The molecule has 1 heterocycles. The third kappa shape index (κ3) is 2.12. The summed E-state index contributed by atoms with van der Waals surface area (Å²) in [5.74, 6) is 1.14. The topological polar surface area (TPSA) is 18.5 Å². The minimum Gasteiger partial charge on any atom is -0.228 e. The van der Waals surface area contributed by atoms with E-state index in [1.807, 2.05) is 0 Å². The molecule has 0 aromatic rings. The van der Waals surface area contributed by atoms with Crippen molar-refractivity contribution >= 4 is 0 Å². The van der Waals surface area contributed by atoms with Gasteiger partial charge in [-0.2, -0.15) is 0 Å². The van der Waals surface area contributed by atoms with Crippen LogP contribution in [0.4, 0.5) is 0 Å². The molecule has 0 aromatic heterocycles. The Balaban J connectivity index is 1.69. The van der Waals surface area contributed by atoms with Crippen molar-refractivity contribution < 1.29 is 9.78 Å². The minimum absolute atomic E-state index is 0.243. The molecule has 1 aliphatic heterocycles. The minimum atomic E-state index is 0.243. The molecule has 0 radical (unpaired) electrons. The molecular weight excluding hydrogens is 212 g/mol. The fourth-order valence-electron chi connectivity index (χ4n) is 3.04. The van der Waals surface area contributed by atoms with Crippen LogP contribution in [0.5, 0.6) is 0 Å². The van der Waals surface area contributed by atoms with Gasteiger partial charge in [-0.05, 0) is 50.0 Å². The van der Waals surface area contributed by atoms with Crippen molar-refractivity contribution in [3.05, 3.63) is 36.0 Å². The van der Waals surface area contributed by atoms with E-state index in [9.17, 15) is 0 Å². The first-order chi connectivity index (χ1) is 8.24. The lowest BCUT2D eigenvalue weighted by Crippen LogP contribution is -2.10. The third-order valence-electron chi connectivity index (χ3n) is 4.16. The Kier molecular flexibility index (Phi) is 2.93. The van der Waals surface area contributed by atoms with Gasteiger partial charge in [0.1, 0.15) is 12.2 Å². The second kappa shape index (κ2) is 4.43. The summed E-state index contributed by atoms with van der Waals surface area (Å²) in [5, 5.41) is 0. The highest BCUT2D eigenvalue weighted by atomic mass is 17.2. The Morgan fingerprint density at radius 2 is 1.88 bits per heavy atom. The number of fused-ring (bicyclic) bond motifs is 2.